The maximum absolute atomic E-state index is 11.2. The zero-order chi connectivity index (χ0) is 13.4. The summed E-state index contributed by atoms with van der Waals surface area (Å²) in [6, 6.07) is 2.28. The van der Waals surface area contributed by atoms with E-state index in [-0.39, 0.29) is 0 Å². The lowest BCUT2D eigenvalue weighted by Gasteiger charge is -2.34. The molecule has 0 bridgehead atoms. The average molecular weight is 249 g/mol. The molecule has 3 nitrogen and oxygen atoms in total. The first kappa shape index (κ1) is 13.2. The minimum absolute atomic E-state index is 0.457. The molecule has 3 atom stereocenters. The van der Waals surface area contributed by atoms with Crippen LogP contribution in [-0.2, 0) is 0 Å². The van der Waals surface area contributed by atoms with Gasteiger partial charge in [-0.3, -0.25) is 0 Å². The van der Waals surface area contributed by atoms with E-state index in [1.165, 1.54) is 12.8 Å². The maximum Gasteiger partial charge on any atom is 0.337 e. The Morgan fingerprint density at radius 3 is 2.44 bits per heavy atom. The van der Waals surface area contributed by atoms with E-state index in [9.17, 15) is 9.90 Å². The normalized spacial score (nSPS) is 28.3. The number of hydrogen-bond donors (Lipinski definition) is 1. The van der Waals surface area contributed by atoms with Crippen molar-refractivity contribution in [2.45, 2.75) is 53.0 Å². The summed E-state index contributed by atoms with van der Waals surface area (Å²) in [5, 5.41) is 9.18. The molecule has 1 aliphatic rings. The highest BCUT2D eigenvalue weighted by molar-refractivity contribution is 5.89. The van der Waals surface area contributed by atoms with Crippen LogP contribution >= 0.6 is 0 Å². The van der Waals surface area contributed by atoms with Crippen molar-refractivity contribution in [3.63, 3.8) is 0 Å². The molecule has 0 aliphatic heterocycles. The summed E-state index contributed by atoms with van der Waals surface area (Å²) < 4.78 is 2.24. The zero-order valence-electron chi connectivity index (χ0n) is 11.7. The number of aromatic nitrogens is 1. The van der Waals surface area contributed by atoms with Crippen molar-refractivity contribution in [2.75, 3.05) is 0 Å². The van der Waals surface area contributed by atoms with Gasteiger partial charge in [-0.25, -0.2) is 4.79 Å². The summed E-state index contributed by atoms with van der Waals surface area (Å²) in [5.74, 6) is 0.696. The molecule has 1 aliphatic carbocycles. The second kappa shape index (κ2) is 4.79. The summed E-state index contributed by atoms with van der Waals surface area (Å²) >= 11 is 0. The Labute approximate surface area is 109 Å². The number of hydrogen-bond acceptors (Lipinski definition) is 1. The fraction of sp³-hybridized carbons (Fsp3) is 0.667. The molecular weight excluding hydrogens is 226 g/mol. The van der Waals surface area contributed by atoms with E-state index < -0.39 is 5.97 Å². The lowest BCUT2D eigenvalue weighted by Crippen LogP contribution is -2.24. The zero-order valence-corrected chi connectivity index (χ0v) is 11.7. The lowest BCUT2D eigenvalue weighted by atomic mass is 9.79. The van der Waals surface area contributed by atoms with Crippen LogP contribution in [0.5, 0.6) is 0 Å². The molecule has 100 valence electrons. The van der Waals surface area contributed by atoms with E-state index in [1.54, 1.807) is 6.07 Å². The van der Waals surface area contributed by atoms with Gasteiger partial charge in [0.05, 0.1) is 5.56 Å². The standard InChI is InChI=1S/C15H23NO2/c1-9-5-6-13(7-10(9)2)16-11(3)8-14(12(16)4)15(17)18/h8-10,13H,5-7H2,1-4H3,(H,17,18). The highest BCUT2D eigenvalue weighted by atomic mass is 16.4. The van der Waals surface area contributed by atoms with Gasteiger partial charge in [-0.15, -0.1) is 0 Å². The number of nitrogens with zero attached hydrogens (tertiary/aromatic N) is 1. The minimum atomic E-state index is -0.813. The molecule has 0 radical (unpaired) electrons. The van der Waals surface area contributed by atoms with Gasteiger partial charge in [-0.1, -0.05) is 13.8 Å². The first-order valence-corrected chi connectivity index (χ1v) is 6.83. The highest BCUT2D eigenvalue weighted by Gasteiger charge is 2.28. The van der Waals surface area contributed by atoms with E-state index in [0.717, 1.165) is 29.6 Å². The number of carbonyl (C=O) groups is 1. The van der Waals surface area contributed by atoms with Gasteiger partial charge in [0.1, 0.15) is 0 Å². The lowest BCUT2D eigenvalue weighted by molar-refractivity contribution is 0.0695. The van der Waals surface area contributed by atoms with E-state index in [2.05, 4.69) is 18.4 Å². The molecular formula is C15H23NO2. The van der Waals surface area contributed by atoms with Crippen molar-refractivity contribution < 1.29 is 9.90 Å². The van der Waals surface area contributed by atoms with Crippen LogP contribution in [0.2, 0.25) is 0 Å². The quantitative estimate of drug-likeness (QED) is 0.866. The van der Waals surface area contributed by atoms with Gasteiger partial charge < -0.3 is 9.67 Å². The van der Waals surface area contributed by atoms with Crippen LogP contribution < -0.4 is 0 Å². The molecule has 0 saturated heterocycles. The molecule has 0 spiro atoms. The Balaban J connectivity index is 2.31. The summed E-state index contributed by atoms with van der Waals surface area (Å²) in [5.41, 5.74) is 2.45. The Kier molecular flexibility index (Phi) is 3.51. The number of aryl methyl sites for hydroxylation is 1. The monoisotopic (exact) mass is 249 g/mol. The maximum atomic E-state index is 11.2. The van der Waals surface area contributed by atoms with Crippen LogP contribution in [0.1, 0.15) is 60.9 Å². The van der Waals surface area contributed by atoms with Crippen LogP contribution in [0.15, 0.2) is 6.07 Å². The van der Waals surface area contributed by atoms with E-state index in [0.29, 0.717) is 11.6 Å². The molecule has 1 saturated carbocycles. The Morgan fingerprint density at radius 1 is 1.28 bits per heavy atom. The molecule has 0 aromatic carbocycles. The summed E-state index contributed by atoms with van der Waals surface area (Å²) in [6.07, 6.45) is 3.57. The van der Waals surface area contributed by atoms with Gasteiger partial charge >= 0.3 is 5.97 Å². The molecule has 1 aromatic heterocycles. The molecule has 18 heavy (non-hydrogen) atoms. The van der Waals surface area contributed by atoms with Crippen LogP contribution in [0.3, 0.4) is 0 Å². The van der Waals surface area contributed by atoms with Crippen molar-refractivity contribution in [1.82, 2.24) is 4.57 Å². The third-order valence-corrected chi connectivity index (χ3v) is 4.65. The molecule has 1 aromatic rings. The average Bonchev–Trinajstić information content (AvgIpc) is 2.59. The smallest absolute Gasteiger partial charge is 0.337 e. The molecule has 0 amide bonds. The summed E-state index contributed by atoms with van der Waals surface area (Å²) in [4.78, 5) is 11.2. The largest absolute Gasteiger partial charge is 0.478 e. The summed E-state index contributed by atoms with van der Waals surface area (Å²) in [7, 11) is 0. The van der Waals surface area contributed by atoms with E-state index in [1.807, 2.05) is 13.8 Å². The van der Waals surface area contributed by atoms with Crippen LogP contribution in [0, 0.1) is 25.7 Å². The van der Waals surface area contributed by atoms with Crippen molar-refractivity contribution in [3.05, 3.63) is 23.0 Å². The van der Waals surface area contributed by atoms with Gasteiger partial charge in [0.25, 0.3) is 0 Å². The van der Waals surface area contributed by atoms with Gasteiger partial charge in [0.2, 0.25) is 0 Å². The molecule has 3 unspecified atom stereocenters. The fourth-order valence-electron chi connectivity index (χ4n) is 3.31. The second-order valence-electron chi connectivity index (χ2n) is 5.88. The molecule has 1 heterocycles. The van der Waals surface area contributed by atoms with Crippen LogP contribution in [-0.4, -0.2) is 15.6 Å². The fourth-order valence-corrected chi connectivity index (χ4v) is 3.31. The second-order valence-corrected chi connectivity index (χ2v) is 5.88. The van der Waals surface area contributed by atoms with Crippen molar-refractivity contribution in [3.8, 4) is 0 Å². The summed E-state index contributed by atoms with van der Waals surface area (Å²) in [6.45, 7) is 8.57. The SMILES string of the molecule is Cc1cc(C(=O)O)c(C)n1C1CCC(C)C(C)C1. The number of rotatable bonds is 2. The third kappa shape index (κ3) is 2.18. The molecule has 1 N–H and O–H groups in total. The predicted molar refractivity (Wildman–Crippen MR) is 72.1 cm³/mol. The van der Waals surface area contributed by atoms with Gasteiger partial charge in [0, 0.05) is 17.4 Å². The van der Waals surface area contributed by atoms with E-state index in [4.69, 9.17) is 0 Å². The van der Waals surface area contributed by atoms with Crippen LogP contribution in [0.25, 0.3) is 0 Å². The first-order chi connectivity index (χ1) is 8.41. The third-order valence-electron chi connectivity index (χ3n) is 4.65. The van der Waals surface area contributed by atoms with Gasteiger partial charge in [-0.2, -0.15) is 0 Å². The number of aromatic carboxylic acids is 1. The Morgan fingerprint density at radius 2 is 1.94 bits per heavy atom. The Bertz CT molecular complexity index is 461. The Hall–Kier alpha value is -1.25. The molecule has 2 rings (SSSR count). The number of carboxylic acid groups (broad SMARTS) is 1. The van der Waals surface area contributed by atoms with Crippen molar-refractivity contribution in [1.29, 1.82) is 0 Å². The molecule has 3 heteroatoms. The van der Waals surface area contributed by atoms with Crippen molar-refractivity contribution in [2.24, 2.45) is 11.8 Å². The van der Waals surface area contributed by atoms with Gasteiger partial charge in [0.15, 0.2) is 0 Å². The predicted octanol–water partition coefficient (Wildman–Crippen LogP) is 3.80. The minimum Gasteiger partial charge on any atom is -0.478 e. The first-order valence-electron chi connectivity index (χ1n) is 6.83. The van der Waals surface area contributed by atoms with Gasteiger partial charge in [-0.05, 0) is 51.0 Å². The molecule has 1 fully saturated rings. The highest BCUT2D eigenvalue weighted by Crippen LogP contribution is 2.38. The van der Waals surface area contributed by atoms with E-state index >= 15 is 0 Å². The van der Waals surface area contributed by atoms with Crippen LogP contribution in [0.4, 0.5) is 0 Å². The topological polar surface area (TPSA) is 42.2 Å². The number of carboxylic acids is 1. The van der Waals surface area contributed by atoms with Crippen molar-refractivity contribution >= 4 is 5.97 Å².